The van der Waals surface area contributed by atoms with Crippen LogP contribution in [0.25, 0.3) is 11.2 Å². The fourth-order valence-corrected chi connectivity index (χ4v) is 3.57. The zero-order chi connectivity index (χ0) is 13.4. The fraction of sp³-hybridized carbons (Fsp3) is 0.385. The number of hydrogen-bond acceptors (Lipinski definition) is 6. The van der Waals surface area contributed by atoms with Gasteiger partial charge < -0.3 is 9.88 Å². The van der Waals surface area contributed by atoms with Gasteiger partial charge in [-0.25, -0.2) is 19.9 Å². The Balaban J connectivity index is 1.66. The third-order valence-corrected chi connectivity index (χ3v) is 4.66. The molecule has 1 aliphatic rings. The van der Waals surface area contributed by atoms with Gasteiger partial charge in [0.2, 0.25) is 0 Å². The van der Waals surface area contributed by atoms with E-state index in [0.717, 1.165) is 36.5 Å². The Morgan fingerprint density at radius 2 is 2.25 bits per heavy atom. The lowest BCUT2D eigenvalue weighted by Crippen LogP contribution is -2.35. The van der Waals surface area contributed by atoms with E-state index < -0.39 is 0 Å². The van der Waals surface area contributed by atoms with Gasteiger partial charge in [-0.05, 0) is 12.8 Å². The van der Waals surface area contributed by atoms with E-state index in [4.69, 9.17) is 0 Å². The highest BCUT2D eigenvalue weighted by atomic mass is 32.1. The third kappa shape index (κ3) is 1.94. The maximum absolute atomic E-state index is 4.46. The van der Waals surface area contributed by atoms with Gasteiger partial charge in [-0.1, -0.05) is 0 Å². The molecule has 4 rings (SSSR count). The second-order valence-corrected chi connectivity index (χ2v) is 5.88. The Morgan fingerprint density at radius 1 is 1.25 bits per heavy atom. The molecule has 0 aromatic carbocycles. The van der Waals surface area contributed by atoms with E-state index in [9.17, 15) is 0 Å². The third-order valence-electron chi connectivity index (χ3n) is 3.72. The molecule has 1 fully saturated rings. The Bertz CT molecular complexity index is 707. The molecule has 7 heteroatoms. The van der Waals surface area contributed by atoms with Crippen molar-refractivity contribution in [1.82, 2.24) is 24.9 Å². The van der Waals surface area contributed by atoms with Gasteiger partial charge in [0.25, 0.3) is 0 Å². The topological polar surface area (TPSA) is 70.6 Å². The number of aromatic nitrogens is 5. The summed E-state index contributed by atoms with van der Waals surface area (Å²) >= 11 is 1.74. The Kier molecular flexibility index (Phi) is 2.84. The van der Waals surface area contributed by atoms with Crippen LogP contribution in [0.2, 0.25) is 0 Å². The molecule has 3 aromatic heterocycles. The summed E-state index contributed by atoms with van der Waals surface area (Å²) in [6.45, 7) is 1.98. The van der Waals surface area contributed by atoms with Crippen LogP contribution in [-0.2, 0) is 0 Å². The molecule has 1 aliphatic heterocycles. The van der Waals surface area contributed by atoms with Crippen LogP contribution in [-0.4, -0.2) is 38.0 Å². The molecule has 20 heavy (non-hydrogen) atoms. The zero-order valence-electron chi connectivity index (χ0n) is 10.9. The summed E-state index contributed by atoms with van der Waals surface area (Å²) in [5.41, 5.74) is 1.65. The monoisotopic (exact) mass is 286 g/mol. The van der Waals surface area contributed by atoms with E-state index in [1.54, 1.807) is 24.0 Å². The van der Waals surface area contributed by atoms with Gasteiger partial charge in [-0.15, -0.1) is 11.3 Å². The van der Waals surface area contributed by atoms with Crippen molar-refractivity contribution in [3.05, 3.63) is 29.2 Å². The Labute approximate surface area is 119 Å². The highest BCUT2D eigenvalue weighted by molar-refractivity contribution is 7.09. The van der Waals surface area contributed by atoms with E-state index in [-0.39, 0.29) is 0 Å². The summed E-state index contributed by atoms with van der Waals surface area (Å²) in [4.78, 5) is 22.7. The first kappa shape index (κ1) is 11.8. The average Bonchev–Trinajstić information content (AvgIpc) is 3.18. The van der Waals surface area contributed by atoms with E-state index in [2.05, 4.69) is 29.8 Å². The first-order valence-electron chi connectivity index (χ1n) is 6.70. The van der Waals surface area contributed by atoms with Crippen LogP contribution in [0.5, 0.6) is 0 Å². The van der Waals surface area contributed by atoms with Crippen molar-refractivity contribution >= 4 is 28.3 Å². The molecular formula is C13H14N6S. The predicted octanol–water partition coefficient (Wildman–Crippen LogP) is 2.19. The molecule has 102 valence electrons. The minimum Gasteiger partial charge on any atom is -0.354 e. The summed E-state index contributed by atoms with van der Waals surface area (Å²) in [5, 5.41) is 3.27. The smallest absolute Gasteiger partial charge is 0.182 e. The Hall–Kier alpha value is -2.02. The van der Waals surface area contributed by atoms with Crippen LogP contribution in [0.3, 0.4) is 0 Å². The minimum absolute atomic E-state index is 0.497. The second-order valence-electron chi connectivity index (χ2n) is 4.95. The van der Waals surface area contributed by atoms with E-state index in [1.165, 1.54) is 11.4 Å². The van der Waals surface area contributed by atoms with Crippen LogP contribution in [0.4, 0.5) is 5.82 Å². The molecule has 1 atom stereocenters. The number of nitrogens with one attached hydrogen (secondary N) is 1. The highest BCUT2D eigenvalue weighted by Gasteiger charge is 2.25. The quantitative estimate of drug-likeness (QED) is 0.782. The zero-order valence-corrected chi connectivity index (χ0v) is 11.7. The number of imidazole rings is 1. The van der Waals surface area contributed by atoms with Crippen LogP contribution in [0, 0.1) is 0 Å². The first-order valence-corrected chi connectivity index (χ1v) is 7.58. The van der Waals surface area contributed by atoms with Crippen molar-refractivity contribution in [2.24, 2.45) is 0 Å². The number of hydrogen-bond donors (Lipinski definition) is 1. The average molecular weight is 286 g/mol. The van der Waals surface area contributed by atoms with Crippen LogP contribution >= 0.6 is 11.3 Å². The number of thiazole rings is 1. The van der Waals surface area contributed by atoms with Gasteiger partial charge in [0.15, 0.2) is 11.5 Å². The molecule has 0 unspecified atom stereocenters. The number of piperidine rings is 1. The fourth-order valence-electron chi connectivity index (χ4n) is 2.80. The van der Waals surface area contributed by atoms with E-state index >= 15 is 0 Å². The lowest BCUT2D eigenvalue weighted by atomic mass is 9.99. The summed E-state index contributed by atoms with van der Waals surface area (Å²) in [6.07, 6.45) is 7.50. The molecule has 0 radical (unpaired) electrons. The van der Waals surface area contributed by atoms with Crippen molar-refractivity contribution < 1.29 is 0 Å². The molecule has 0 bridgehead atoms. The summed E-state index contributed by atoms with van der Waals surface area (Å²) in [5.74, 6) is 1.45. The lowest BCUT2D eigenvalue weighted by molar-refractivity contribution is 0.506. The summed E-state index contributed by atoms with van der Waals surface area (Å²) < 4.78 is 0. The van der Waals surface area contributed by atoms with Gasteiger partial charge in [0.05, 0.1) is 11.3 Å². The molecule has 0 amide bonds. The largest absolute Gasteiger partial charge is 0.354 e. The van der Waals surface area contributed by atoms with Gasteiger partial charge in [0, 0.05) is 30.6 Å². The SMILES string of the molecule is c1csc([C@H]2CCCN(c3ncnc4nc[nH]c34)C2)n1. The highest BCUT2D eigenvalue weighted by Crippen LogP contribution is 2.31. The van der Waals surface area contributed by atoms with Crippen molar-refractivity contribution in [2.75, 3.05) is 18.0 Å². The molecule has 6 nitrogen and oxygen atoms in total. The number of rotatable bonds is 2. The molecule has 0 spiro atoms. The van der Waals surface area contributed by atoms with Crippen molar-refractivity contribution in [3.63, 3.8) is 0 Å². The number of anilines is 1. The molecule has 1 N–H and O–H groups in total. The Morgan fingerprint density at radius 3 is 3.15 bits per heavy atom. The second kappa shape index (κ2) is 4.82. The number of fused-ring (bicyclic) bond motifs is 1. The standard InChI is InChI=1S/C13H14N6S/c1-2-9(13-14-3-5-20-13)6-19(4-1)12-10-11(16-7-15-10)17-8-18-12/h3,5,7-9H,1-2,4,6H2,(H,15,16,17,18)/t9-/m0/s1. The molecule has 4 heterocycles. The number of aromatic amines is 1. The maximum Gasteiger partial charge on any atom is 0.182 e. The molecule has 0 saturated carbocycles. The van der Waals surface area contributed by atoms with Crippen LogP contribution in [0.15, 0.2) is 24.2 Å². The summed E-state index contributed by atoms with van der Waals surface area (Å²) in [7, 11) is 0. The van der Waals surface area contributed by atoms with Gasteiger partial charge in [0.1, 0.15) is 11.8 Å². The van der Waals surface area contributed by atoms with Crippen molar-refractivity contribution in [1.29, 1.82) is 0 Å². The first-order chi connectivity index (χ1) is 9.92. The normalized spacial score (nSPS) is 19.6. The predicted molar refractivity (Wildman–Crippen MR) is 78.0 cm³/mol. The van der Waals surface area contributed by atoms with E-state index in [1.807, 2.05) is 11.6 Å². The lowest BCUT2D eigenvalue weighted by Gasteiger charge is -2.32. The molecular weight excluding hydrogens is 272 g/mol. The number of H-pyrrole nitrogens is 1. The van der Waals surface area contributed by atoms with Crippen molar-refractivity contribution in [3.8, 4) is 0 Å². The van der Waals surface area contributed by atoms with Gasteiger partial charge >= 0.3 is 0 Å². The molecule has 0 aliphatic carbocycles. The van der Waals surface area contributed by atoms with Gasteiger partial charge in [-0.3, -0.25) is 0 Å². The molecule has 3 aromatic rings. The minimum atomic E-state index is 0.497. The van der Waals surface area contributed by atoms with E-state index in [0.29, 0.717) is 5.92 Å². The summed E-state index contributed by atoms with van der Waals surface area (Å²) in [6, 6.07) is 0. The van der Waals surface area contributed by atoms with Gasteiger partial charge in [-0.2, -0.15) is 0 Å². The number of nitrogens with zero attached hydrogens (tertiary/aromatic N) is 5. The van der Waals surface area contributed by atoms with Crippen LogP contribution in [0.1, 0.15) is 23.8 Å². The van der Waals surface area contributed by atoms with Crippen LogP contribution < -0.4 is 4.90 Å². The maximum atomic E-state index is 4.46. The van der Waals surface area contributed by atoms with Crippen molar-refractivity contribution in [2.45, 2.75) is 18.8 Å². The molecule has 1 saturated heterocycles.